The molecule has 0 aromatic heterocycles. The summed E-state index contributed by atoms with van der Waals surface area (Å²) in [5.41, 5.74) is 9.04. The van der Waals surface area contributed by atoms with Crippen LogP contribution in [0.2, 0.25) is 0 Å². The number of nitrogens with zero attached hydrogens (tertiary/aromatic N) is 1. The van der Waals surface area contributed by atoms with Crippen molar-refractivity contribution >= 4 is 5.69 Å². The predicted octanol–water partition coefficient (Wildman–Crippen LogP) is 3.45. The number of hydrogen-bond acceptors (Lipinski definition) is 2. The molecule has 2 heteroatoms. The van der Waals surface area contributed by atoms with Gasteiger partial charge in [-0.05, 0) is 36.0 Å². The van der Waals surface area contributed by atoms with Crippen molar-refractivity contribution in [2.45, 2.75) is 46.6 Å². The summed E-state index contributed by atoms with van der Waals surface area (Å²) in [5.74, 6) is 0. The van der Waals surface area contributed by atoms with Crippen LogP contribution in [-0.4, -0.2) is 19.6 Å². The zero-order chi connectivity index (χ0) is 13.8. The molecule has 0 saturated carbocycles. The van der Waals surface area contributed by atoms with Crippen LogP contribution in [0.15, 0.2) is 24.3 Å². The maximum atomic E-state index is 6.20. The summed E-state index contributed by atoms with van der Waals surface area (Å²) in [6.07, 6.45) is 2.12. The summed E-state index contributed by atoms with van der Waals surface area (Å²) >= 11 is 0. The fraction of sp³-hybridized carbons (Fsp3) is 0.625. The molecule has 0 saturated heterocycles. The summed E-state index contributed by atoms with van der Waals surface area (Å²) in [7, 11) is 2.14. The zero-order valence-corrected chi connectivity index (χ0v) is 12.5. The number of anilines is 1. The SMILES string of the molecule is CCc1ccc(N(C)CCC(N)C(C)(C)C)cc1. The van der Waals surface area contributed by atoms with E-state index in [0.29, 0.717) is 0 Å². The molecule has 1 aromatic carbocycles. The highest BCUT2D eigenvalue weighted by molar-refractivity contribution is 5.46. The second-order valence-corrected chi connectivity index (χ2v) is 6.20. The van der Waals surface area contributed by atoms with Gasteiger partial charge < -0.3 is 10.6 Å². The van der Waals surface area contributed by atoms with Crippen molar-refractivity contribution in [3.05, 3.63) is 29.8 Å². The Hall–Kier alpha value is -1.02. The van der Waals surface area contributed by atoms with Crippen LogP contribution < -0.4 is 10.6 Å². The van der Waals surface area contributed by atoms with E-state index in [2.05, 4.69) is 63.9 Å². The van der Waals surface area contributed by atoms with Gasteiger partial charge in [0, 0.05) is 25.3 Å². The van der Waals surface area contributed by atoms with E-state index < -0.39 is 0 Å². The van der Waals surface area contributed by atoms with Crippen LogP contribution in [0.25, 0.3) is 0 Å². The third-order valence-electron chi connectivity index (χ3n) is 3.67. The smallest absolute Gasteiger partial charge is 0.0363 e. The van der Waals surface area contributed by atoms with Crippen LogP contribution in [0, 0.1) is 5.41 Å². The van der Waals surface area contributed by atoms with Crippen LogP contribution >= 0.6 is 0 Å². The predicted molar refractivity (Wildman–Crippen MR) is 81.1 cm³/mol. The highest BCUT2D eigenvalue weighted by Crippen LogP contribution is 2.21. The van der Waals surface area contributed by atoms with Gasteiger partial charge in [-0.3, -0.25) is 0 Å². The van der Waals surface area contributed by atoms with E-state index in [4.69, 9.17) is 5.73 Å². The van der Waals surface area contributed by atoms with Crippen LogP contribution in [0.1, 0.15) is 39.7 Å². The summed E-state index contributed by atoms with van der Waals surface area (Å²) < 4.78 is 0. The Morgan fingerprint density at radius 3 is 2.17 bits per heavy atom. The third-order valence-corrected chi connectivity index (χ3v) is 3.67. The van der Waals surface area contributed by atoms with Gasteiger partial charge in [0.05, 0.1) is 0 Å². The Morgan fingerprint density at radius 1 is 1.17 bits per heavy atom. The normalized spacial score (nSPS) is 13.4. The molecule has 0 aliphatic heterocycles. The van der Waals surface area contributed by atoms with E-state index in [9.17, 15) is 0 Å². The van der Waals surface area contributed by atoms with Gasteiger partial charge in [-0.15, -0.1) is 0 Å². The molecule has 18 heavy (non-hydrogen) atoms. The molecule has 102 valence electrons. The minimum absolute atomic E-state index is 0.187. The number of benzene rings is 1. The average molecular weight is 248 g/mol. The fourth-order valence-electron chi connectivity index (χ4n) is 1.88. The largest absolute Gasteiger partial charge is 0.375 e. The van der Waals surface area contributed by atoms with Crippen molar-refractivity contribution in [2.75, 3.05) is 18.5 Å². The molecular weight excluding hydrogens is 220 g/mol. The molecule has 0 fully saturated rings. The van der Waals surface area contributed by atoms with E-state index in [1.54, 1.807) is 0 Å². The molecule has 0 bridgehead atoms. The Kier molecular flexibility index (Phi) is 5.21. The van der Waals surface area contributed by atoms with Crippen LogP contribution in [0.3, 0.4) is 0 Å². The first-order valence-corrected chi connectivity index (χ1v) is 6.90. The zero-order valence-electron chi connectivity index (χ0n) is 12.5. The molecule has 0 heterocycles. The van der Waals surface area contributed by atoms with Crippen molar-refractivity contribution in [3.63, 3.8) is 0 Å². The summed E-state index contributed by atoms with van der Waals surface area (Å²) in [4.78, 5) is 2.28. The molecule has 1 aromatic rings. The number of aryl methyl sites for hydroxylation is 1. The molecular formula is C16H28N2. The van der Waals surface area contributed by atoms with Crippen molar-refractivity contribution in [1.82, 2.24) is 0 Å². The lowest BCUT2D eigenvalue weighted by Gasteiger charge is -2.29. The number of hydrogen-bond donors (Lipinski definition) is 1. The summed E-state index contributed by atoms with van der Waals surface area (Å²) in [6.45, 7) is 9.79. The van der Waals surface area contributed by atoms with E-state index in [-0.39, 0.29) is 11.5 Å². The number of rotatable bonds is 5. The molecule has 0 aliphatic carbocycles. The van der Waals surface area contributed by atoms with Crippen LogP contribution in [0.4, 0.5) is 5.69 Å². The summed E-state index contributed by atoms with van der Waals surface area (Å²) in [6, 6.07) is 9.04. The molecule has 2 nitrogen and oxygen atoms in total. The fourth-order valence-corrected chi connectivity index (χ4v) is 1.88. The lowest BCUT2D eigenvalue weighted by atomic mass is 9.85. The van der Waals surface area contributed by atoms with Crippen molar-refractivity contribution < 1.29 is 0 Å². The Balaban J connectivity index is 2.52. The standard InChI is InChI=1S/C16H28N2/c1-6-13-7-9-14(10-8-13)18(5)12-11-15(17)16(2,3)4/h7-10,15H,6,11-12,17H2,1-5H3. The second kappa shape index (κ2) is 6.24. The van der Waals surface area contributed by atoms with Crippen LogP contribution in [-0.2, 0) is 6.42 Å². The molecule has 2 N–H and O–H groups in total. The molecule has 0 spiro atoms. The van der Waals surface area contributed by atoms with Gasteiger partial charge >= 0.3 is 0 Å². The van der Waals surface area contributed by atoms with E-state index >= 15 is 0 Å². The molecule has 1 atom stereocenters. The lowest BCUT2D eigenvalue weighted by Crippen LogP contribution is -2.38. The monoisotopic (exact) mass is 248 g/mol. The van der Waals surface area contributed by atoms with E-state index in [0.717, 1.165) is 19.4 Å². The Morgan fingerprint density at radius 2 is 1.72 bits per heavy atom. The first-order chi connectivity index (χ1) is 8.34. The highest BCUT2D eigenvalue weighted by Gasteiger charge is 2.20. The molecule has 1 rings (SSSR count). The van der Waals surface area contributed by atoms with E-state index in [1.807, 2.05) is 0 Å². The Labute approximate surface area is 112 Å². The first-order valence-electron chi connectivity index (χ1n) is 6.90. The van der Waals surface area contributed by atoms with Gasteiger partial charge in [0.2, 0.25) is 0 Å². The second-order valence-electron chi connectivity index (χ2n) is 6.20. The number of nitrogens with two attached hydrogens (primary N) is 1. The van der Waals surface area contributed by atoms with E-state index in [1.165, 1.54) is 11.3 Å². The summed E-state index contributed by atoms with van der Waals surface area (Å²) in [5, 5.41) is 0. The minimum atomic E-state index is 0.187. The average Bonchev–Trinajstić information content (AvgIpc) is 2.34. The lowest BCUT2D eigenvalue weighted by molar-refractivity contribution is 0.308. The van der Waals surface area contributed by atoms with Crippen molar-refractivity contribution in [1.29, 1.82) is 0 Å². The minimum Gasteiger partial charge on any atom is -0.375 e. The maximum Gasteiger partial charge on any atom is 0.0363 e. The maximum absolute atomic E-state index is 6.20. The van der Waals surface area contributed by atoms with Gasteiger partial charge in [-0.2, -0.15) is 0 Å². The molecule has 1 unspecified atom stereocenters. The van der Waals surface area contributed by atoms with Gasteiger partial charge in [-0.25, -0.2) is 0 Å². The van der Waals surface area contributed by atoms with Crippen molar-refractivity contribution in [2.24, 2.45) is 11.1 Å². The van der Waals surface area contributed by atoms with Gasteiger partial charge in [0.15, 0.2) is 0 Å². The van der Waals surface area contributed by atoms with Gasteiger partial charge in [-0.1, -0.05) is 39.8 Å². The topological polar surface area (TPSA) is 29.3 Å². The van der Waals surface area contributed by atoms with Gasteiger partial charge in [0.1, 0.15) is 0 Å². The quantitative estimate of drug-likeness (QED) is 0.865. The van der Waals surface area contributed by atoms with Crippen molar-refractivity contribution in [3.8, 4) is 0 Å². The molecule has 0 radical (unpaired) electrons. The first kappa shape index (κ1) is 15.0. The van der Waals surface area contributed by atoms with Crippen LogP contribution in [0.5, 0.6) is 0 Å². The molecule has 0 amide bonds. The van der Waals surface area contributed by atoms with Gasteiger partial charge in [0.25, 0.3) is 0 Å². The Bertz CT molecular complexity index is 348. The highest BCUT2D eigenvalue weighted by atomic mass is 15.1. The molecule has 0 aliphatic rings. The third kappa shape index (κ3) is 4.34.